The summed E-state index contributed by atoms with van der Waals surface area (Å²) in [6.45, 7) is 7.84. The fraction of sp³-hybridized carbons (Fsp3) is 0.286. The zero-order valence-electron chi connectivity index (χ0n) is 14.0. The van der Waals surface area contributed by atoms with E-state index in [9.17, 15) is 0 Å². The van der Waals surface area contributed by atoms with Gasteiger partial charge >= 0.3 is 0 Å². The van der Waals surface area contributed by atoms with Crippen molar-refractivity contribution < 1.29 is 0 Å². The minimum absolute atomic E-state index is 0.0919. The first-order valence-electron chi connectivity index (χ1n) is 8.30. The second-order valence-corrected chi connectivity index (χ2v) is 7.24. The Morgan fingerprint density at radius 2 is 1.61 bits per heavy atom. The number of pyridine rings is 1. The summed E-state index contributed by atoms with van der Waals surface area (Å²) in [5, 5.41) is 1.26. The van der Waals surface area contributed by atoms with Crippen LogP contribution in [0, 0.1) is 0 Å². The Morgan fingerprint density at radius 1 is 0.913 bits per heavy atom. The van der Waals surface area contributed by atoms with Crippen molar-refractivity contribution in [2.24, 2.45) is 0 Å². The predicted octanol–water partition coefficient (Wildman–Crippen LogP) is 5.06. The molecule has 0 fully saturated rings. The van der Waals surface area contributed by atoms with Crippen molar-refractivity contribution in [1.82, 2.24) is 4.98 Å². The molecule has 0 spiro atoms. The molecule has 0 atom stereocenters. The van der Waals surface area contributed by atoms with E-state index in [2.05, 4.69) is 80.3 Å². The molecular weight excluding hydrogens is 280 g/mol. The van der Waals surface area contributed by atoms with Crippen LogP contribution >= 0.6 is 0 Å². The van der Waals surface area contributed by atoms with Gasteiger partial charge in [-0.1, -0.05) is 48.5 Å². The first-order valence-corrected chi connectivity index (χ1v) is 8.30. The summed E-state index contributed by atoms with van der Waals surface area (Å²) in [6.07, 6.45) is 1.06. The summed E-state index contributed by atoms with van der Waals surface area (Å²) in [7, 11) is 0. The number of para-hydroxylation sites is 1. The van der Waals surface area contributed by atoms with Crippen LogP contribution in [-0.2, 0) is 6.42 Å². The molecule has 116 valence electrons. The molecule has 0 bridgehead atoms. The largest absolute Gasteiger partial charge is 0.351 e. The SMILES string of the molecule is CC(C)(C)N1CCc2c1nc1ccccc1c2-c1ccccc1. The predicted molar refractivity (Wildman–Crippen MR) is 98.0 cm³/mol. The van der Waals surface area contributed by atoms with E-state index >= 15 is 0 Å². The van der Waals surface area contributed by atoms with Gasteiger partial charge < -0.3 is 4.90 Å². The van der Waals surface area contributed by atoms with Gasteiger partial charge in [0.25, 0.3) is 0 Å². The number of hydrogen-bond donors (Lipinski definition) is 0. The van der Waals surface area contributed by atoms with Crippen molar-refractivity contribution in [2.75, 3.05) is 11.4 Å². The number of nitrogens with zero attached hydrogens (tertiary/aromatic N) is 2. The third kappa shape index (κ3) is 2.29. The Kier molecular flexibility index (Phi) is 3.15. The summed E-state index contributed by atoms with van der Waals surface area (Å²) in [6, 6.07) is 19.2. The van der Waals surface area contributed by atoms with Crippen LogP contribution in [0.5, 0.6) is 0 Å². The minimum Gasteiger partial charge on any atom is -0.351 e. The van der Waals surface area contributed by atoms with Crippen LogP contribution in [-0.4, -0.2) is 17.1 Å². The average molecular weight is 302 g/mol. The number of benzene rings is 2. The van der Waals surface area contributed by atoms with Gasteiger partial charge in [0, 0.05) is 23.0 Å². The van der Waals surface area contributed by atoms with Gasteiger partial charge in [0.1, 0.15) is 5.82 Å². The average Bonchev–Trinajstić information content (AvgIpc) is 2.97. The van der Waals surface area contributed by atoms with Crippen molar-refractivity contribution >= 4 is 16.7 Å². The number of fused-ring (bicyclic) bond motifs is 2. The Balaban J connectivity index is 2.05. The second kappa shape index (κ2) is 5.09. The van der Waals surface area contributed by atoms with Gasteiger partial charge in [0.15, 0.2) is 0 Å². The van der Waals surface area contributed by atoms with E-state index in [1.54, 1.807) is 0 Å². The number of hydrogen-bond acceptors (Lipinski definition) is 2. The molecule has 1 aromatic heterocycles. The van der Waals surface area contributed by atoms with Crippen LogP contribution in [0.15, 0.2) is 54.6 Å². The van der Waals surface area contributed by atoms with Crippen molar-refractivity contribution in [3.8, 4) is 11.1 Å². The molecular formula is C21H22N2. The third-order valence-electron chi connectivity index (χ3n) is 4.68. The molecule has 0 N–H and O–H groups in total. The summed E-state index contributed by atoms with van der Waals surface area (Å²) in [5.74, 6) is 1.16. The van der Waals surface area contributed by atoms with Gasteiger partial charge in [-0.25, -0.2) is 4.98 Å². The van der Waals surface area contributed by atoms with Crippen LogP contribution < -0.4 is 4.90 Å². The van der Waals surface area contributed by atoms with E-state index in [1.165, 1.54) is 22.1 Å². The molecule has 23 heavy (non-hydrogen) atoms. The Bertz CT molecular complexity index is 860. The van der Waals surface area contributed by atoms with Crippen LogP contribution in [0.3, 0.4) is 0 Å². The number of rotatable bonds is 1. The van der Waals surface area contributed by atoms with Gasteiger partial charge in [0.2, 0.25) is 0 Å². The lowest BCUT2D eigenvalue weighted by molar-refractivity contribution is 0.514. The lowest BCUT2D eigenvalue weighted by Crippen LogP contribution is -2.40. The quantitative estimate of drug-likeness (QED) is 0.624. The highest BCUT2D eigenvalue weighted by atomic mass is 15.3. The van der Waals surface area contributed by atoms with Crippen molar-refractivity contribution in [1.29, 1.82) is 0 Å². The molecule has 2 heteroatoms. The van der Waals surface area contributed by atoms with Gasteiger partial charge in [-0.05, 0) is 44.4 Å². The molecule has 2 nitrogen and oxygen atoms in total. The topological polar surface area (TPSA) is 16.1 Å². The Morgan fingerprint density at radius 3 is 2.35 bits per heavy atom. The Hall–Kier alpha value is -2.35. The smallest absolute Gasteiger partial charge is 0.133 e. The van der Waals surface area contributed by atoms with Crippen molar-refractivity contribution in [2.45, 2.75) is 32.7 Å². The maximum absolute atomic E-state index is 5.02. The highest BCUT2D eigenvalue weighted by Crippen LogP contribution is 2.41. The van der Waals surface area contributed by atoms with Crippen LogP contribution in [0.1, 0.15) is 26.3 Å². The molecule has 3 aromatic rings. The zero-order chi connectivity index (χ0) is 16.0. The first kappa shape index (κ1) is 14.3. The lowest BCUT2D eigenvalue weighted by atomic mass is 9.95. The van der Waals surface area contributed by atoms with E-state index in [-0.39, 0.29) is 5.54 Å². The van der Waals surface area contributed by atoms with Gasteiger partial charge in [0.05, 0.1) is 5.52 Å². The Labute approximate surface area is 137 Å². The van der Waals surface area contributed by atoms with E-state index in [4.69, 9.17) is 4.98 Å². The van der Waals surface area contributed by atoms with E-state index in [1.807, 2.05) is 0 Å². The summed E-state index contributed by atoms with van der Waals surface area (Å²) < 4.78 is 0. The molecule has 0 unspecified atom stereocenters. The molecule has 1 aliphatic heterocycles. The summed E-state index contributed by atoms with van der Waals surface area (Å²) in [4.78, 5) is 7.46. The highest BCUT2D eigenvalue weighted by molar-refractivity contribution is 5.99. The van der Waals surface area contributed by atoms with Gasteiger partial charge in [-0.2, -0.15) is 0 Å². The standard InChI is InChI=1S/C21H22N2/c1-21(2,3)23-14-13-17-19(15-9-5-4-6-10-15)16-11-7-8-12-18(16)22-20(17)23/h4-12H,13-14H2,1-3H3. The zero-order valence-corrected chi connectivity index (χ0v) is 14.0. The molecule has 2 aromatic carbocycles. The fourth-order valence-corrected chi connectivity index (χ4v) is 3.62. The molecule has 2 heterocycles. The van der Waals surface area contributed by atoms with E-state index in [0.717, 1.165) is 24.3 Å². The third-order valence-corrected chi connectivity index (χ3v) is 4.68. The van der Waals surface area contributed by atoms with Gasteiger partial charge in [-0.3, -0.25) is 0 Å². The van der Waals surface area contributed by atoms with Crippen LogP contribution in [0.2, 0.25) is 0 Å². The normalized spacial score (nSPS) is 14.3. The summed E-state index contributed by atoms with van der Waals surface area (Å²) in [5.41, 5.74) is 5.22. The van der Waals surface area contributed by atoms with Crippen LogP contribution in [0.4, 0.5) is 5.82 Å². The summed E-state index contributed by atoms with van der Waals surface area (Å²) >= 11 is 0. The molecule has 0 amide bonds. The van der Waals surface area contributed by atoms with E-state index in [0.29, 0.717) is 0 Å². The maximum atomic E-state index is 5.02. The minimum atomic E-state index is 0.0919. The van der Waals surface area contributed by atoms with Gasteiger partial charge in [-0.15, -0.1) is 0 Å². The van der Waals surface area contributed by atoms with Crippen LogP contribution in [0.25, 0.3) is 22.0 Å². The molecule has 0 saturated heterocycles. The number of aromatic nitrogens is 1. The molecule has 0 aliphatic carbocycles. The molecule has 4 rings (SSSR count). The second-order valence-electron chi connectivity index (χ2n) is 7.24. The van der Waals surface area contributed by atoms with E-state index < -0.39 is 0 Å². The lowest BCUT2D eigenvalue weighted by Gasteiger charge is -2.33. The highest BCUT2D eigenvalue weighted by Gasteiger charge is 2.32. The molecule has 1 aliphatic rings. The van der Waals surface area contributed by atoms with Crippen molar-refractivity contribution in [3.63, 3.8) is 0 Å². The monoisotopic (exact) mass is 302 g/mol. The fourth-order valence-electron chi connectivity index (χ4n) is 3.62. The number of anilines is 1. The van der Waals surface area contributed by atoms with Crippen molar-refractivity contribution in [3.05, 3.63) is 60.2 Å². The maximum Gasteiger partial charge on any atom is 0.133 e. The molecule has 0 saturated carbocycles. The first-order chi connectivity index (χ1) is 11.1. The molecule has 0 radical (unpaired) electrons.